The van der Waals surface area contributed by atoms with Crippen LogP contribution in [0.2, 0.25) is 0 Å². The summed E-state index contributed by atoms with van der Waals surface area (Å²) in [5.74, 6) is -2.62. The highest BCUT2D eigenvalue weighted by atomic mass is 19.1. The average molecular weight is 422 g/mol. The van der Waals surface area contributed by atoms with Crippen LogP contribution in [0.4, 0.5) is 18.9 Å². The lowest BCUT2D eigenvalue weighted by molar-refractivity contribution is -0.119. The lowest BCUT2D eigenvalue weighted by atomic mass is 9.93. The summed E-state index contributed by atoms with van der Waals surface area (Å²) in [7, 11) is 0. The summed E-state index contributed by atoms with van der Waals surface area (Å²) in [6.07, 6.45) is 2.45. The molecule has 0 unspecified atom stereocenters. The number of carbonyl (C=O) groups is 1. The summed E-state index contributed by atoms with van der Waals surface area (Å²) < 4.78 is 48.8. The number of nitrogens with zero attached hydrogens (tertiary/aromatic N) is 3. The molecule has 1 aromatic carbocycles. The van der Waals surface area contributed by atoms with Crippen molar-refractivity contribution < 1.29 is 22.7 Å². The van der Waals surface area contributed by atoms with Gasteiger partial charge in [-0.3, -0.25) is 4.79 Å². The molecule has 0 spiro atoms. The van der Waals surface area contributed by atoms with E-state index >= 15 is 0 Å². The van der Waals surface area contributed by atoms with Crippen LogP contribution in [0.15, 0.2) is 18.3 Å². The Labute approximate surface area is 173 Å². The Hall–Kier alpha value is -2.84. The van der Waals surface area contributed by atoms with Gasteiger partial charge in [0.05, 0.1) is 12.8 Å². The van der Waals surface area contributed by atoms with Gasteiger partial charge in [-0.1, -0.05) is 13.8 Å². The molecule has 2 aromatic rings. The van der Waals surface area contributed by atoms with Gasteiger partial charge in [0.25, 0.3) is 5.88 Å². The van der Waals surface area contributed by atoms with Gasteiger partial charge in [0, 0.05) is 25.1 Å². The number of hydrogen-bond donors (Lipinski definition) is 1. The summed E-state index contributed by atoms with van der Waals surface area (Å²) >= 11 is 0. The zero-order chi connectivity index (χ0) is 21.8. The van der Waals surface area contributed by atoms with Crippen LogP contribution in [-0.2, 0) is 4.79 Å². The predicted octanol–water partition coefficient (Wildman–Crippen LogP) is 3.69. The monoisotopic (exact) mass is 422 g/mol. The van der Waals surface area contributed by atoms with Crippen molar-refractivity contribution in [3.63, 3.8) is 0 Å². The third-order valence-corrected chi connectivity index (χ3v) is 4.96. The maximum absolute atomic E-state index is 14.8. The van der Waals surface area contributed by atoms with Crippen LogP contribution in [0.5, 0.6) is 5.88 Å². The molecule has 1 amide bonds. The number of rotatable bonds is 7. The first-order valence-corrected chi connectivity index (χ1v) is 9.92. The number of ether oxygens (including phenoxy) is 1. The third-order valence-electron chi connectivity index (χ3n) is 4.96. The van der Waals surface area contributed by atoms with E-state index in [1.807, 2.05) is 13.8 Å². The second-order valence-corrected chi connectivity index (χ2v) is 7.94. The molecule has 0 radical (unpaired) electrons. The highest BCUT2D eigenvalue weighted by molar-refractivity contribution is 5.74. The number of carbonyl (C=O) groups excluding carboxylic acids is 1. The fourth-order valence-corrected chi connectivity index (χ4v) is 3.48. The SMILES string of the molecule is CC(C)COc1nc(-c2cc(F)c(N3CCC(CC(N)=O)CC3)c(F)c2)ncc1F. The van der Waals surface area contributed by atoms with Crippen LogP contribution in [0.1, 0.15) is 33.1 Å². The van der Waals surface area contributed by atoms with Crippen LogP contribution in [-0.4, -0.2) is 35.6 Å². The van der Waals surface area contributed by atoms with Crippen molar-refractivity contribution in [1.29, 1.82) is 0 Å². The summed E-state index contributed by atoms with van der Waals surface area (Å²) in [4.78, 5) is 20.5. The van der Waals surface area contributed by atoms with Crippen molar-refractivity contribution in [2.45, 2.75) is 33.1 Å². The molecule has 0 bridgehead atoms. The minimum atomic E-state index is -0.754. The van der Waals surface area contributed by atoms with Gasteiger partial charge in [-0.25, -0.2) is 13.8 Å². The van der Waals surface area contributed by atoms with Gasteiger partial charge < -0.3 is 15.4 Å². The van der Waals surface area contributed by atoms with Crippen molar-refractivity contribution >= 4 is 11.6 Å². The minimum absolute atomic E-state index is 0.0281. The maximum Gasteiger partial charge on any atom is 0.254 e. The lowest BCUT2D eigenvalue weighted by Crippen LogP contribution is -2.36. The number of aromatic nitrogens is 2. The Morgan fingerprint density at radius 2 is 1.83 bits per heavy atom. The van der Waals surface area contributed by atoms with Crippen molar-refractivity contribution in [1.82, 2.24) is 9.97 Å². The topological polar surface area (TPSA) is 81.3 Å². The molecule has 0 saturated carbocycles. The standard InChI is InChI=1S/C21H25F3N4O2/c1-12(2)11-30-21-17(24)10-26-20(27-21)14-8-15(22)19(16(23)9-14)28-5-3-13(4-6-28)7-18(25)29/h8-10,12-13H,3-7,11H2,1-2H3,(H2,25,29). The molecule has 0 aliphatic carbocycles. The Kier molecular flexibility index (Phi) is 6.79. The highest BCUT2D eigenvalue weighted by Gasteiger charge is 2.25. The molecule has 1 fully saturated rings. The van der Waals surface area contributed by atoms with Gasteiger partial charge >= 0.3 is 0 Å². The molecule has 1 aliphatic rings. The number of primary amides is 1. The van der Waals surface area contributed by atoms with Gasteiger partial charge in [-0.05, 0) is 36.8 Å². The number of anilines is 1. The molecule has 1 saturated heterocycles. The van der Waals surface area contributed by atoms with Gasteiger partial charge in [0.2, 0.25) is 11.7 Å². The summed E-state index contributed by atoms with van der Waals surface area (Å²) in [5.41, 5.74) is 5.19. The second kappa shape index (κ2) is 9.32. The third kappa shape index (κ3) is 5.20. The minimum Gasteiger partial charge on any atom is -0.475 e. The first-order valence-electron chi connectivity index (χ1n) is 9.92. The number of benzene rings is 1. The van der Waals surface area contributed by atoms with E-state index < -0.39 is 17.5 Å². The lowest BCUT2D eigenvalue weighted by Gasteiger charge is -2.33. The van der Waals surface area contributed by atoms with Crippen LogP contribution in [0.25, 0.3) is 11.4 Å². The molecular formula is C21H25F3N4O2. The average Bonchev–Trinajstić information content (AvgIpc) is 2.67. The molecule has 162 valence electrons. The molecular weight excluding hydrogens is 397 g/mol. The van der Waals surface area contributed by atoms with E-state index in [0.717, 1.165) is 18.3 Å². The van der Waals surface area contributed by atoms with E-state index in [2.05, 4.69) is 9.97 Å². The number of hydrogen-bond acceptors (Lipinski definition) is 5. The molecule has 2 heterocycles. The number of halogens is 3. The summed E-state index contributed by atoms with van der Waals surface area (Å²) in [6.45, 7) is 4.90. The first-order chi connectivity index (χ1) is 14.2. The number of nitrogens with two attached hydrogens (primary N) is 1. The normalized spacial score (nSPS) is 14.9. The predicted molar refractivity (Wildman–Crippen MR) is 106 cm³/mol. The van der Waals surface area contributed by atoms with E-state index in [1.54, 1.807) is 4.90 Å². The largest absolute Gasteiger partial charge is 0.475 e. The molecule has 1 aliphatic heterocycles. The molecule has 0 atom stereocenters. The van der Waals surface area contributed by atoms with Gasteiger partial charge in [0.15, 0.2) is 5.82 Å². The van der Waals surface area contributed by atoms with E-state index in [0.29, 0.717) is 25.9 Å². The van der Waals surface area contributed by atoms with Crippen LogP contribution in [0, 0.1) is 29.3 Å². The number of amides is 1. The second-order valence-electron chi connectivity index (χ2n) is 7.94. The van der Waals surface area contributed by atoms with Crippen molar-refractivity contribution in [3.05, 3.63) is 35.8 Å². The number of piperidine rings is 1. The van der Waals surface area contributed by atoms with E-state index in [-0.39, 0.29) is 53.7 Å². The quantitative estimate of drug-likeness (QED) is 0.736. The van der Waals surface area contributed by atoms with Crippen molar-refractivity contribution in [3.8, 4) is 17.3 Å². The zero-order valence-corrected chi connectivity index (χ0v) is 17.0. The fourth-order valence-electron chi connectivity index (χ4n) is 3.48. The zero-order valence-electron chi connectivity index (χ0n) is 17.0. The van der Waals surface area contributed by atoms with Crippen LogP contribution >= 0.6 is 0 Å². The van der Waals surface area contributed by atoms with E-state index in [1.165, 1.54) is 0 Å². The molecule has 2 N–H and O–H groups in total. The molecule has 3 rings (SSSR count). The highest BCUT2D eigenvalue weighted by Crippen LogP contribution is 2.32. The van der Waals surface area contributed by atoms with Crippen molar-refractivity contribution in [2.24, 2.45) is 17.6 Å². The Bertz CT molecular complexity index is 892. The summed E-state index contributed by atoms with van der Waals surface area (Å²) in [5, 5.41) is 0. The van der Waals surface area contributed by atoms with Crippen LogP contribution in [0.3, 0.4) is 0 Å². The van der Waals surface area contributed by atoms with Gasteiger partial charge in [-0.2, -0.15) is 9.37 Å². The van der Waals surface area contributed by atoms with E-state index in [4.69, 9.17) is 10.5 Å². The summed E-state index contributed by atoms with van der Waals surface area (Å²) in [6, 6.07) is 2.26. The molecule has 6 nitrogen and oxygen atoms in total. The molecule has 9 heteroatoms. The first kappa shape index (κ1) is 21.9. The molecule has 30 heavy (non-hydrogen) atoms. The van der Waals surface area contributed by atoms with Gasteiger partial charge in [-0.15, -0.1) is 0 Å². The maximum atomic E-state index is 14.8. The van der Waals surface area contributed by atoms with Crippen LogP contribution < -0.4 is 15.4 Å². The fraction of sp³-hybridized carbons (Fsp3) is 0.476. The Balaban J connectivity index is 1.80. The van der Waals surface area contributed by atoms with Gasteiger partial charge in [0.1, 0.15) is 17.3 Å². The molecule has 1 aromatic heterocycles. The smallest absolute Gasteiger partial charge is 0.254 e. The van der Waals surface area contributed by atoms with Crippen molar-refractivity contribution in [2.75, 3.05) is 24.6 Å². The Morgan fingerprint density at radius 3 is 2.40 bits per heavy atom. The van der Waals surface area contributed by atoms with E-state index in [9.17, 15) is 18.0 Å². The Morgan fingerprint density at radius 1 is 1.20 bits per heavy atom.